The summed E-state index contributed by atoms with van der Waals surface area (Å²) in [4.78, 5) is 33.9. The predicted octanol–water partition coefficient (Wildman–Crippen LogP) is 3.98. The van der Waals surface area contributed by atoms with E-state index in [4.69, 9.17) is 0 Å². The molecule has 9 heteroatoms. The molecule has 0 saturated carbocycles. The van der Waals surface area contributed by atoms with E-state index in [0.717, 1.165) is 4.47 Å². The van der Waals surface area contributed by atoms with Crippen LogP contribution in [0.1, 0.15) is 12.0 Å². The second-order valence-electron chi connectivity index (χ2n) is 5.62. The summed E-state index contributed by atoms with van der Waals surface area (Å²) >= 11 is 3.32. The van der Waals surface area contributed by atoms with E-state index < -0.39 is 10.9 Å². The Hall–Kier alpha value is -3.20. The summed E-state index contributed by atoms with van der Waals surface area (Å²) in [7, 11) is 1.25. The predicted molar refractivity (Wildman–Crippen MR) is 110 cm³/mol. The van der Waals surface area contributed by atoms with Crippen LogP contribution in [0, 0.1) is 10.1 Å². The highest BCUT2D eigenvalue weighted by Gasteiger charge is 2.14. The molecular weight excluding hydrogens is 430 g/mol. The van der Waals surface area contributed by atoms with Crippen LogP contribution in [0.2, 0.25) is 0 Å². The summed E-state index contributed by atoms with van der Waals surface area (Å²) in [6.07, 6.45) is 2.74. The summed E-state index contributed by atoms with van der Waals surface area (Å²) in [5.74, 6) is -0.767. The Balaban J connectivity index is 1.96. The molecule has 146 valence electrons. The van der Waals surface area contributed by atoms with Crippen molar-refractivity contribution in [1.82, 2.24) is 0 Å². The first kappa shape index (κ1) is 21.1. The number of nitrogens with zero attached hydrogens (tertiary/aromatic N) is 1. The maximum absolute atomic E-state index is 12.0. The average Bonchev–Trinajstić information content (AvgIpc) is 2.68. The molecule has 2 rings (SSSR count). The topological polar surface area (TPSA) is 111 Å². The number of esters is 1. The Morgan fingerprint density at radius 3 is 2.57 bits per heavy atom. The van der Waals surface area contributed by atoms with Crippen LogP contribution < -0.4 is 10.6 Å². The number of amides is 1. The Morgan fingerprint density at radius 1 is 1.21 bits per heavy atom. The van der Waals surface area contributed by atoms with E-state index >= 15 is 0 Å². The number of nitro benzene ring substituents is 1. The number of carbonyl (C=O) groups excluding carboxylic acids is 2. The Bertz CT molecular complexity index is 897. The van der Waals surface area contributed by atoms with Crippen molar-refractivity contribution < 1.29 is 19.2 Å². The van der Waals surface area contributed by atoms with Crippen LogP contribution in [0.25, 0.3) is 6.08 Å². The van der Waals surface area contributed by atoms with Crippen molar-refractivity contribution in [3.63, 3.8) is 0 Å². The molecule has 1 amide bonds. The Labute approximate surface area is 169 Å². The highest BCUT2D eigenvalue weighted by Crippen LogP contribution is 2.26. The summed E-state index contributed by atoms with van der Waals surface area (Å²) in [5, 5.41) is 16.9. The highest BCUT2D eigenvalue weighted by molar-refractivity contribution is 9.10. The summed E-state index contributed by atoms with van der Waals surface area (Å²) < 4.78 is 5.39. The van der Waals surface area contributed by atoms with Crippen molar-refractivity contribution in [2.24, 2.45) is 0 Å². The first-order valence-electron chi connectivity index (χ1n) is 8.23. The highest BCUT2D eigenvalue weighted by atomic mass is 79.9. The van der Waals surface area contributed by atoms with Gasteiger partial charge in [-0.1, -0.05) is 22.0 Å². The number of halogens is 1. The summed E-state index contributed by atoms with van der Waals surface area (Å²) in [6.45, 7) is 0.223. The molecule has 0 heterocycles. The van der Waals surface area contributed by atoms with Crippen molar-refractivity contribution >= 4 is 50.9 Å². The maximum Gasteiger partial charge on any atom is 0.330 e. The molecule has 2 N–H and O–H groups in total. The monoisotopic (exact) mass is 447 g/mol. The third-order valence-corrected chi connectivity index (χ3v) is 4.16. The van der Waals surface area contributed by atoms with Gasteiger partial charge in [-0.05, 0) is 42.0 Å². The number of hydrogen-bond donors (Lipinski definition) is 2. The van der Waals surface area contributed by atoms with Crippen LogP contribution in [0.5, 0.6) is 0 Å². The van der Waals surface area contributed by atoms with Gasteiger partial charge in [0.2, 0.25) is 5.91 Å². The van der Waals surface area contributed by atoms with Gasteiger partial charge in [0, 0.05) is 35.3 Å². The van der Waals surface area contributed by atoms with Gasteiger partial charge in [-0.2, -0.15) is 0 Å². The van der Waals surface area contributed by atoms with Gasteiger partial charge in [-0.15, -0.1) is 0 Å². The van der Waals surface area contributed by atoms with E-state index in [1.807, 2.05) is 12.1 Å². The van der Waals surface area contributed by atoms with Gasteiger partial charge in [0.25, 0.3) is 5.69 Å². The number of carbonyl (C=O) groups is 2. The summed E-state index contributed by atoms with van der Waals surface area (Å²) in [6, 6.07) is 11.6. The lowest BCUT2D eigenvalue weighted by molar-refractivity contribution is -0.384. The fourth-order valence-corrected chi connectivity index (χ4v) is 2.52. The number of benzene rings is 2. The van der Waals surface area contributed by atoms with Crippen molar-refractivity contribution in [1.29, 1.82) is 0 Å². The molecule has 0 fully saturated rings. The first-order chi connectivity index (χ1) is 13.4. The SMILES string of the molecule is COC(=O)/C=C/c1ccc(NCCC(=O)Nc2ccc(Br)cc2)c([N+](=O)[O-])c1. The van der Waals surface area contributed by atoms with Crippen LogP contribution in [-0.4, -0.2) is 30.5 Å². The molecule has 8 nitrogen and oxygen atoms in total. The van der Waals surface area contributed by atoms with Crippen LogP contribution in [-0.2, 0) is 14.3 Å². The lowest BCUT2D eigenvalue weighted by Gasteiger charge is -2.09. The standard InChI is InChI=1S/C19H18BrN3O5/c1-28-19(25)9-3-13-2-8-16(17(12-13)23(26)27)21-11-10-18(24)22-15-6-4-14(20)5-7-15/h2-9,12,21H,10-11H2,1H3,(H,22,24)/b9-3+. The number of ether oxygens (including phenoxy) is 1. The van der Waals surface area contributed by atoms with Crippen LogP contribution >= 0.6 is 15.9 Å². The minimum atomic E-state index is -0.554. The van der Waals surface area contributed by atoms with E-state index in [-0.39, 0.29) is 30.2 Å². The first-order valence-corrected chi connectivity index (χ1v) is 9.02. The number of nitrogens with one attached hydrogen (secondary N) is 2. The van der Waals surface area contributed by atoms with Gasteiger partial charge in [-0.25, -0.2) is 4.79 Å². The van der Waals surface area contributed by atoms with Crippen molar-refractivity contribution in [2.45, 2.75) is 6.42 Å². The van der Waals surface area contributed by atoms with E-state index in [2.05, 4.69) is 31.3 Å². The van der Waals surface area contributed by atoms with Crippen molar-refractivity contribution in [3.05, 3.63) is 68.7 Å². The molecule has 0 unspecified atom stereocenters. The van der Waals surface area contributed by atoms with E-state index in [1.165, 1.54) is 31.4 Å². The van der Waals surface area contributed by atoms with Gasteiger partial charge in [0.05, 0.1) is 12.0 Å². The Morgan fingerprint density at radius 2 is 1.93 bits per heavy atom. The zero-order valence-corrected chi connectivity index (χ0v) is 16.6. The molecule has 2 aromatic carbocycles. The molecule has 0 aromatic heterocycles. The van der Waals surface area contributed by atoms with E-state index in [0.29, 0.717) is 11.3 Å². The van der Waals surface area contributed by atoms with Crippen molar-refractivity contribution in [3.8, 4) is 0 Å². The van der Waals surface area contributed by atoms with Crippen LogP contribution in [0.15, 0.2) is 53.0 Å². The molecule has 0 radical (unpaired) electrons. The second-order valence-corrected chi connectivity index (χ2v) is 6.54. The fourth-order valence-electron chi connectivity index (χ4n) is 2.25. The number of rotatable bonds is 8. The smallest absolute Gasteiger partial charge is 0.330 e. The minimum absolute atomic E-state index is 0.136. The Kier molecular flexibility index (Phi) is 7.70. The quantitative estimate of drug-likeness (QED) is 0.274. The van der Waals surface area contributed by atoms with Crippen LogP contribution in [0.4, 0.5) is 17.1 Å². The molecule has 0 saturated heterocycles. The number of nitro groups is 1. The molecule has 0 aliphatic carbocycles. The zero-order chi connectivity index (χ0) is 20.5. The second kappa shape index (κ2) is 10.2. The molecular formula is C19H18BrN3O5. The fraction of sp³-hybridized carbons (Fsp3) is 0.158. The van der Waals surface area contributed by atoms with Crippen LogP contribution in [0.3, 0.4) is 0 Å². The van der Waals surface area contributed by atoms with Gasteiger partial charge in [-0.3, -0.25) is 14.9 Å². The third-order valence-electron chi connectivity index (χ3n) is 3.63. The number of hydrogen-bond acceptors (Lipinski definition) is 6. The van der Waals surface area contributed by atoms with Gasteiger partial charge >= 0.3 is 5.97 Å². The van der Waals surface area contributed by atoms with Gasteiger partial charge in [0.15, 0.2) is 0 Å². The molecule has 28 heavy (non-hydrogen) atoms. The molecule has 0 aliphatic rings. The molecule has 0 bridgehead atoms. The molecule has 2 aromatic rings. The zero-order valence-electron chi connectivity index (χ0n) is 15.0. The largest absolute Gasteiger partial charge is 0.466 e. The number of methoxy groups -OCH3 is 1. The third kappa shape index (κ3) is 6.51. The lowest BCUT2D eigenvalue weighted by Crippen LogP contribution is -2.16. The van der Waals surface area contributed by atoms with Gasteiger partial charge < -0.3 is 15.4 Å². The molecule has 0 atom stereocenters. The lowest BCUT2D eigenvalue weighted by atomic mass is 10.1. The van der Waals surface area contributed by atoms with Crippen molar-refractivity contribution in [2.75, 3.05) is 24.3 Å². The minimum Gasteiger partial charge on any atom is -0.466 e. The molecule has 0 aliphatic heterocycles. The summed E-state index contributed by atoms with van der Waals surface area (Å²) in [5.41, 5.74) is 1.29. The van der Waals surface area contributed by atoms with E-state index in [9.17, 15) is 19.7 Å². The molecule has 0 spiro atoms. The van der Waals surface area contributed by atoms with E-state index in [1.54, 1.807) is 18.2 Å². The average molecular weight is 448 g/mol. The number of anilines is 2. The normalized spacial score (nSPS) is 10.5. The van der Waals surface area contributed by atoms with Gasteiger partial charge in [0.1, 0.15) is 5.69 Å². The maximum atomic E-state index is 12.0.